The summed E-state index contributed by atoms with van der Waals surface area (Å²) in [5.41, 5.74) is 1.74. The largest absolute Gasteiger partial charge is 0.308 e. The molecule has 106 valence electrons. The van der Waals surface area contributed by atoms with Crippen molar-refractivity contribution in [2.75, 3.05) is 11.9 Å². The van der Waals surface area contributed by atoms with E-state index in [9.17, 15) is 4.79 Å². The number of aromatic amines is 1. The molecule has 1 aromatic heterocycles. The average Bonchev–Trinajstić information content (AvgIpc) is 2.87. The van der Waals surface area contributed by atoms with Gasteiger partial charge in [0.15, 0.2) is 0 Å². The first-order valence-corrected chi connectivity index (χ1v) is 6.57. The van der Waals surface area contributed by atoms with Crippen molar-refractivity contribution in [2.45, 2.75) is 33.1 Å². The zero-order valence-electron chi connectivity index (χ0n) is 12.6. The normalized spacial score (nSPS) is 11.4. The maximum absolute atomic E-state index is 12.4. The molecule has 20 heavy (non-hydrogen) atoms. The van der Waals surface area contributed by atoms with Gasteiger partial charge in [-0.1, -0.05) is 39.0 Å². The second-order valence-corrected chi connectivity index (χ2v) is 5.91. The third kappa shape index (κ3) is 2.71. The summed E-state index contributed by atoms with van der Waals surface area (Å²) in [5.74, 6) is 0.686. The molecule has 0 atom stereocenters. The maximum atomic E-state index is 12.4. The summed E-state index contributed by atoms with van der Waals surface area (Å²) in [6, 6.07) is 7.73. The van der Waals surface area contributed by atoms with Gasteiger partial charge < -0.3 is 4.90 Å². The Balaban J connectivity index is 2.28. The van der Waals surface area contributed by atoms with Gasteiger partial charge in [0.1, 0.15) is 5.82 Å². The van der Waals surface area contributed by atoms with Gasteiger partial charge in [0, 0.05) is 18.2 Å². The van der Waals surface area contributed by atoms with Gasteiger partial charge in [0.05, 0.1) is 0 Å². The molecule has 0 aliphatic rings. The molecular formula is C15H20N4O. The van der Waals surface area contributed by atoms with Crippen LogP contribution in [-0.2, 0) is 5.41 Å². The Hall–Kier alpha value is -2.17. The molecule has 0 fully saturated rings. The minimum absolute atomic E-state index is 0.160. The molecule has 1 aromatic carbocycles. The summed E-state index contributed by atoms with van der Waals surface area (Å²) in [7, 11) is 1.73. The van der Waals surface area contributed by atoms with Crippen LogP contribution in [0.5, 0.6) is 0 Å². The van der Waals surface area contributed by atoms with Gasteiger partial charge in [-0.15, -0.1) is 5.10 Å². The van der Waals surface area contributed by atoms with Gasteiger partial charge in [-0.25, -0.2) is 4.98 Å². The molecule has 0 aliphatic heterocycles. The number of aromatic nitrogens is 3. The lowest BCUT2D eigenvalue weighted by molar-refractivity contribution is 0.0983. The summed E-state index contributed by atoms with van der Waals surface area (Å²) < 4.78 is 0. The van der Waals surface area contributed by atoms with Crippen LogP contribution in [0, 0.1) is 6.92 Å². The highest BCUT2D eigenvalue weighted by atomic mass is 16.2. The van der Waals surface area contributed by atoms with Crippen LogP contribution in [0.3, 0.4) is 0 Å². The number of aryl methyl sites for hydroxylation is 1. The van der Waals surface area contributed by atoms with Crippen molar-refractivity contribution in [1.82, 2.24) is 15.2 Å². The third-order valence-corrected chi connectivity index (χ3v) is 3.17. The van der Waals surface area contributed by atoms with Crippen molar-refractivity contribution in [1.29, 1.82) is 0 Å². The molecule has 0 saturated heterocycles. The Bertz CT molecular complexity index is 625. The monoisotopic (exact) mass is 272 g/mol. The Morgan fingerprint density at radius 2 is 1.90 bits per heavy atom. The van der Waals surface area contributed by atoms with Gasteiger partial charge in [-0.3, -0.25) is 9.89 Å². The standard InChI is InChI=1S/C15H20N4O/c1-10-8-6-7-9-11(10)19(5)13(20)12-16-14(18-17-12)15(2,3)4/h6-9H,1-5H3,(H,16,17,18). The number of nitrogens with zero attached hydrogens (tertiary/aromatic N) is 3. The van der Waals surface area contributed by atoms with Crippen LogP contribution < -0.4 is 4.90 Å². The van der Waals surface area contributed by atoms with E-state index in [4.69, 9.17) is 0 Å². The van der Waals surface area contributed by atoms with Crippen molar-refractivity contribution >= 4 is 11.6 Å². The fourth-order valence-electron chi connectivity index (χ4n) is 1.89. The first-order chi connectivity index (χ1) is 9.30. The van der Waals surface area contributed by atoms with Crippen LogP contribution in [-0.4, -0.2) is 28.1 Å². The number of hydrogen-bond acceptors (Lipinski definition) is 3. The fourth-order valence-corrected chi connectivity index (χ4v) is 1.89. The first-order valence-electron chi connectivity index (χ1n) is 6.57. The molecule has 1 amide bonds. The van der Waals surface area contributed by atoms with Gasteiger partial charge in [0.25, 0.3) is 5.91 Å². The number of para-hydroxylation sites is 1. The van der Waals surface area contributed by atoms with E-state index >= 15 is 0 Å². The number of nitrogens with one attached hydrogen (secondary N) is 1. The molecule has 2 rings (SSSR count). The van der Waals surface area contributed by atoms with E-state index in [1.165, 1.54) is 0 Å². The summed E-state index contributed by atoms with van der Waals surface area (Å²) >= 11 is 0. The molecule has 2 aromatic rings. The zero-order valence-corrected chi connectivity index (χ0v) is 12.6. The van der Waals surface area contributed by atoms with Crippen LogP contribution >= 0.6 is 0 Å². The second-order valence-electron chi connectivity index (χ2n) is 5.91. The molecule has 1 N–H and O–H groups in total. The van der Waals surface area contributed by atoms with Crippen molar-refractivity contribution < 1.29 is 4.79 Å². The molecule has 5 heteroatoms. The van der Waals surface area contributed by atoms with Crippen molar-refractivity contribution in [3.8, 4) is 0 Å². The number of benzene rings is 1. The smallest absolute Gasteiger partial charge is 0.297 e. The van der Waals surface area contributed by atoms with Crippen LogP contribution in [0.1, 0.15) is 42.8 Å². The van der Waals surface area contributed by atoms with Gasteiger partial charge >= 0.3 is 0 Å². The summed E-state index contributed by atoms with van der Waals surface area (Å²) in [6.07, 6.45) is 0. The Morgan fingerprint density at radius 3 is 2.45 bits per heavy atom. The van der Waals surface area contributed by atoms with E-state index in [1.54, 1.807) is 11.9 Å². The third-order valence-electron chi connectivity index (χ3n) is 3.17. The average molecular weight is 272 g/mol. The number of carbonyl (C=O) groups is 1. The van der Waals surface area contributed by atoms with E-state index in [0.29, 0.717) is 5.82 Å². The Morgan fingerprint density at radius 1 is 1.25 bits per heavy atom. The predicted molar refractivity (Wildman–Crippen MR) is 79.0 cm³/mol. The topological polar surface area (TPSA) is 61.9 Å². The molecule has 1 heterocycles. The number of hydrogen-bond donors (Lipinski definition) is 1. The lowest BCUT2D eigenvalue weighted by atomic mass is 9.96. The number of amides is 1. The number of carbonyl (C=O) groups excluding carboxylic acids is 1. The van der Waals surface area contributed by atoms with E-state index in [2.05, 4.69) is 15.2 Å². The van der Waals surface area contributed by atoms with Gasteiger partial charge in [0.2, 0.25) is 5.82 Å². The van der Waals surface area contributed by atoms with E-state index in [-0.39, 0.29) is 17.1 Å². The molecule has 0 spiro atoms. The molecule has 0 radical (unpaired) electrons. The van der Waals surface area contributed by atoms with Crippen LogP contribution in [0.2, 0.25) is 0 Å². The lowest BCUT2D eigenvalue weighted by Crippen LogP contribution is -2.28. The maximum Gasteiger partial charge on any atom is 0.297 e. The van der Waals surface area contributed by atoms with E-state index in [1.807, 2.05) is 52.0 Å². The Kier molecular flexibility index (Phi) is 3.61. The first kappa shape index (κ1) is 14.2. The van der Waals surface area contributed by atoms with Gasteiger partial charge in [-0.05, 0) is 18.6 Å². The number of rotatable bonds is 2. The minimum Gasteiger partial charge on any atom is -0.308 e. The van der Waals surface area contributed by atoms with Crippen molar-refractivity contribution in [3.05, 3.63) is 41.5 Å². The van der Waals surface area contributed by atoms with Crippen LogP contribution in [0.4, 0.5) is 5.69 Å². The quantitative estimate of drug-likeness (QED) is 0.914. The van der Waals surface area contributed by atoms with Crippen molar-refractivity contribution in [2.24, 2.45) is 0 Å². The second kappa shape index (κ2) is 5.07. The molecule has 0 unspecified atom stereocenters. The minimum atomic E-state index is -0.217. The highest BCUT2D eigenvalue weighted by molar-refractivity contribution is 6.03. The fraction of sp³-hybridized carbons (Fsp3) is 0.400. The van der Waals surface area contributed by atoms with Crippen molar-refractivity contribution in [3.63, 3.8) is 0 Å². The molecular weight excluding hydrogens is 252 g/mol. The van der Waals surface area contributed by atoms with E-state index < -0.39 is 0 Å². The zero-order chi connectivity index (χ0) is 14.9. The SMILES string of the molecule is Cc1ccccc1N(C)C(=O)c1n[nH]c(C(C)(C)C)n1. The number of anilines is 1. The summed E-state index contributed by atoms with van der Waals surface area (Å²) in [6.45, 7) is 8.03. The highest BCUT2D eigenvalue weighted by Crippen LogP contribution is 2.21. The molecule has 0 aliphatic carbocycles. The lowest BCUT2D eigenvalue weighted by Gasteiger charge is -2.17. The summed E-state index contributed by atoms with van der Waals surface area (Å²) in [5, 5.41) is 6.87. The number of H-pyrrole nitrogens is 1. The van der Waals surface area contributed by atoms with Crippen LogP contribution in [0.15, 0.2) is 24.3 Å². The molecule has 0 bridgehead atoms. The van der Waals surface area contributed by atoms with Gasteiger partial charge in [-0.2, -0.15) is 0 Å². The Labute approximate surface area is 119 Å². The predicted octanol–water partition coefficient (Wildman–Crippen LogP) is 2.69. The summed E-state index contributed by atoms with van der Waals surface area (Å²) in [4.78, 5) is 18.3. The van der Waals surface area contributed by atoms with Crippen LogP contribution in [0.25, 0.3) is 0 Å². The molecule has 5 nitrogen and oxygen atoms in total. The van der Waals surface area contributed by atoms with E-state index in [0.717, 1.165) is 11.3 Å². The highest BCUT2D eigenvalue weighted by Gasteiger charge is 2.23. The molecule has 0 saturated carbocycles.